The fourth-order valence-electron chi connectivity index (χ4n) is 1.94. The Kier molecular flexibility index (Phi) is 4.71. The third-order valence-corrected chi connectivity index (χ3v) is 3.05. The van der Waals surface area contributed by atoms with E-state index in [1.54, 1.807) is 26.4 Å². The van der Waals surface area contributed by atoms with E-state index in [1.165, 1.54) is 18.6 Å². The molecule has 2 rings (SSSR count). The highest BCUT2D eigenvalue weighted by atomic mass is 16.5. The van der Waals surface area contributed by atoms with Gasteiger partial charge in [0.25, 0.3) is 5.91 Å². The minimum Gasteiger partial charge on any atom is -0.497 e. The number of ether oxygens (including phenoxy) is 2. The Bertz CT molecular complexity index is 617. The van der Waals surface area contributed by atoms with E-state index in [0.717, 1.165) is 5.56 Å². The average molecular weight is 287 g/mol. The monoisotopic (exact) mass is 287 g/mol. The number of benzene rings is 1. The molecule has 0 spiro atoms. The van der Waals surface area contributed by atoms with Crippen LogP contribution in [0.15, 0.2) is 36.8 Å². The van der Waals surface area contributed by atoms with E-state index in [4.69, 9.17) is 9.47 Å². The summed E-state index contributed by atoms with van der Waals surface area (Å²) >= 11 is 0. The standard InChI is InChI=1S/C15H17N3O3/c1-10(18-15(19)13-9-16-6-7-17-13)12-8-11(20-2)4-5-14(12)21-3/h4-10H,1-3H3,(H,18,19)/t10-/m0/s1. The number of nitrogens with one attached hydrogen (secondary N) is 1. The first-order valence-electron chi connectivity index (χ1n) is 6.44. The molecular formula is C15H17N3O3. The van der Waals surface area contributed by atoms with E-state index >= 15 is 0 Å². The van der Waals surface area contributed by atoms with Crippen molar-refractivity contribution in [3.05, 3.63) is 48.0 Å². The first-order valence-corrected chi connectivity index (χ1v) is 6.44. The summed E-state index contributed by atoms with van der Waals surface area (Å²) < 4.78 is 10.5. The Morgan fingerprint density at radius 1 is 1.24 bits per heavy atom. The number of carbonyl (C=O) groups is 1. The third kappa shape index (κ3) is 3.47. The smallest absolute Gasteiger partial charge is 0.271 e. The summed E-state index contributed by atoms with van der Waals surface area (Å²) in [4.78, 5) is 19.9. The molecule has 0 unspecified atom stereocenters. The van der Waals surface area contributed by atoms with Crippen molar-refractivity contribution in [2.75, 3.05) is 14.2 Å². The molecule has 0 aliphatic heterocycles. The van der Waals surface area contributed by atoms with Crippen molar-refractivity contribution in [2.45, 2.75) is 13.0 Å². The second-order valence-corrected chi connectivity index (χ2v) is 4.39. The molecule has 0 radical (unpaired) electrons. The van der Waals surface area contributed by atoms with Crippen LogP contribution in [0.5, 0.6) is 11.5 Å². The van der Waals surface area contributed by atoms with Gasteiger partial charge in [-0.2, -0.15) is 0 Å². The number of carbonyl (C=O) groups excluding carboxylic acids is 1. The predicted molar refractivity (Wildman–Crippen MR) is 77.5 cm³/mol. The van der Waals surface area contributed by atoms with Gasteiger partial charge in [-0.15, -0.1) is 0 Å². The first kappa shape index (κ1) is 14.8. The van der Waals surface area contributed by atoms with Crippen molar-refractivity contribution in [2.24, 2.45) is 0 Å². The van der Waals surface area contributed by atoms with Crippen LogP contribution in [-0.2, 0) is 0 Å². The number of hydrogen-bond acceptors (Lipinski definition) is 5. The molecule has 21 heavy (non-hydrogen) atoms. The molecule has 1 aromatic carbocycles. The van der Waals surface area contributed by atoms with Gasteiger partial charge in [0.05, 0.1) is 26.5 Å². The lowest BCUT2D eigenvalue weighted by atomic mass is 10.1. The maximum absolute atomic E-state index is 12.1. The summed E-state index contributed by atoms with van der Waals surface area (Å²) in [6.07, 6.45) is 4.42. The lowest BCUT2D eigenvalue weighted by Gasteiger charge is -2.18. The molecular weight excluding hydrogens is 270 g/mol. The zero-order valence-electron chi connectivity index (χ0n) is 12.2. The number of amides is 1. The van der Waals surface area contributed by atoms with Gasteiger partial charge in [0.15, 0.2) is 0 Å². The van der Waals surface area contributed by atoms with Crippen molar-refractivity contribution < 1.29 is 14.3 Å². The molecule has 1 amide bonds. The van der Waals surface area contributed by atoms with Crippen molar-refractivity contribution in [3.8, 4) is 11.5 Å². The molecule has 1 aromatic heterocycles. The van der Waals surface area contributed by atoms with Crippen molar-refractivity contribution in [1.29, 1.82) is 0 Å². The molecule has 1 atom stereocenters. The largest absolute Gasteiger partial charge is 0.497 e. The van der Waals surface area contributed by atoms with E-state index in [9.17, 15) is 4.79 Å². The van der Waals surface area contributed by atoms with Crippen LogP contribution in [0, 0.1) is 0 Å². The van der Waals surface area contributed by atoms with Gasteiger partial charge in [0.1, 0.15) is 17.2 Å². The van der Waals surface area contributed by atoms with Crippen LogP contribution < -0.4 is 14.8 Å². The van der Waals surface area contributed by atoms with E-state index in [1.807, 2.05) is 13.0 Å². The Labute approximate surface area is 123 Å². The molecule has 0 saturated heterocycles. The average Bonchev–Trinajstić information content (AvgIpc) is 2.54. The number of nitrogens with zero attached hydrogens (tertiary/aromatic N) is 2. The lowest BCUT2D eigenvalue weighted by Crippen LogP contribution is -2.27. The van der Waals surface area contributed by atoms with Crippen LogP contribution in [0.4, 0.5) is 0 Å². The van der Waals surface area contributed by atoms with E-state index in [0.29, 0.717) is 11.5 Å². The third-order valence-electron chi connectivity index (χ3n) is 3.05. The van der Waals surface area contributed by atoms with Crippen molar-refractivity contribution in [3.63, 3.8) is 0 Å². The topological polar surface area (TPSA) is 73.3 Å². The van der Waals surface area contributed by atoms with Crippen molar-refractivity contribution >= 4 is 5.91 Å². The molecule has 0 fully saturated rings. The molecule has 2 aromatic rings. The Morgan fingerprint density at radius 3 is 2.67 bits per heavy atom. The SMILES string of the molecule is COc1ccc(OC)c([C@H](C)NC(=O)c2cnccn2)c1. The summed E-state index contributed by atoms with van der Waals surface area (Å²) in [6.45, 7) is 1.87. The Balaban J connectivity index is 2.20. The van der Waals surface area contributed by atoms with Crippen LogP contribution in [0.1, 0.15) is 29.0 Å². The maximum atomic E-state index is 12.1. The maximum Gasteiger partial charge on any atom is 0.271 e. The fourth-order valence-corrected chi connectivity index (χ4v) is 1.94. The molecule has 0 aliphatic carbocycles. The zero-order valence-corrected chi connectivity index (χ0v) is 12.2. The predicted octanol–water partition coefficient (Wildman–Crippen LogP) is 1.98. The van der Waals surface area contributed by atoms with Gasteiger partial charge in [-0.3, -0.25) is 9.78 Å². The van der Waals surface area contributed by atoms with E-state index in [-0.39, 0.29) is 17.6 Å². The Hall–Kier alpha value is -2.63. The highest BCUT2D eigenvalue weighted by Crippen LogP contribution is 2.29. The van der Waals surface area contributed by atoms with E-state index < -0.39 is 0 Å². The molecule has 1 N–H and O–H groups in total. The molecule has 6 nitrogen and oxygen atoms in total. The van der Waals surface area contributed by atoms with Crippen molar-refractivity contribution in [1.82, 2.24) is 15.3 Å². The second-order valence-electron chi connectivity index (χ2n) is 4.39. The fraction of sp³-hybridized carbons (Fsp3) is 0.267. The number of rotatable bonds is 5. The van der Waals surface area contributed by atoms with Crippen LogP contribution in [0.2, 0.25) is 0 Å². The summed E-state index contributed by atoms with van der Waals surface area (Å²) in [5.74, 6) is 1.09. The summed E-state index contributed by atoms with van der Waals surface area (Å²) in [5.41, 5.74) is 1.10. The highest BCUT2D eigenvalue weighted by molar-refractivity contribution is 5.92. The normalized spacial score (nSPS) is 11.6. The summed E-state index contributed by atoms with van der Waals surface area (Å²) in [6, 6.07) is 5.18. The van der Waals surface area contributed by atoms with Gasteiger partial charge in [0, 0.05) is 18.0 Å². The number of aromatic nitrogens is 2. The molecule has 0 saturated carbocycles. The molecule has 110 valence electrons. The lowest BCUT2D eigenvalue weighted by molar-refractivity contribution is 0.0934. The molecule has 0 bridgehead atoms. The number of methoxy groups -OCH3 is 2. The summed E-state index contributed by atoms with van der Waals surface area (Å²) in [5, 5.41) is 2.86. The summed E-state index contributed by atoms with van der Waals surface area (Å²) in [7, 11) is 3.18. The minimum atomic E-state index is -0.291. The number of hydrogen-bond donors (Lipinski definition) is 1. The van der Waals surface area contributed by atoms with Gasteiger partial charge >= 0.3 is 0 Å². The van der Waals surface area contributed by atoms with E-state index in [2.05, 4.69) is 15.3 Å². The second kappa shape index (κ2) is 6.69. The van der Waals surface area contributed by atoms with Gasteiger partial charge < -0.3 is 14.8 Å². The van der Waals surface area contributed by atoms with Crippen LogP contribution in [0.25, 0.3) is 0 Å². The van der Waals surface area contributed by atoms with Gasteiger partial charge in [-0.1, -0.05) is 0 Å². The highest BCUT2D eigenvalue weighted by Gasteiger charge is 2.16. The van der Waals surface area contributed by atoms with Crippen LogP contribution in [-0.4, -0.2) is 30.1 Å². The molecule has 6 heteroatoms. The van der Waals surface area contributed by atoms with Crippen LogP contribution >= 0.6 is 0 Å². The quantitative estimate of drug-likeness (QED) is 0.910. The van der Waals surface area contributed by atoms with Gasteiger partial charge in [0.2, 0.25) is 0 Å². The zero-order chi connectivity index (χ0) is 15.2. The Morgan fingerprint density at radius 2 is 2.05 bits per heavy atom. The molecule has 1 heterocycles. The minimum absolute atomic E-state index is 0.260. The molecule has 0 aliphatic rings. The van der Waals surface area contributed by atoms with Gasteiger partial charge in [-0.25, -0.2) is 4.98 Å². The van der Waals surface area contributed by atoms with Crippen LogP contribution in [0.3, 0.4) is 0 Å². The van der Waals surface area contributed by atoms with Gasteiger partial charge in [-0.05, 0) is 25.1 Å². The first-order chi connectivity index (χ1) is 10.2.